The van der Waals surface area contributed by atoms with Gasteiger partial charge < -0.3 is 14.9 Å². The number of nitrogens with one attached hydrogen (secondary N) is 1. The highest BCUT2D eigenvalue weighted by atomic mass is 16.5. The maximum absolute atomic E-state index is 13.2. The summed E-state index contributed by atoms with van der Waals surface area (Å²) >= 11 is 0. The van der Waals surface area contributed by atoms with Gasteiger partial charge in [0.05, 0.1) is 11.1 Å². The lowest BCUT2D eigenvalue weighted by Gasteiger charge is -2.30. The molecule has 2 aromatic carbocycles. The van der Waals surface area contributed by atoms with Gasteiger partial charge in [-0.1, -0.05) is 41.9 Å². The fraction of sp³-hybridized carbons (Fsp3) is 0.375. The van der Waals surface area contributed by atoms with Crippen LogP contribution in [0.1, 0.15) is 43.0 Å². The molecule has 2 N–H and O–H groups in total. The van der Waals surface area contributed by atoms with Gasteiger partial charge in [0.1, 0.15) is 5.60 Å². The average Bonchev–Trinajstić information content (AvgIpc) is 3.43. The van der Waals surface area contributed by atoms with Gasteiger partial charge >= 0.3 is 5.63 Å². The number of aryl methyl sites for hydroxylation is 2. The second kappa shape index (κ2) is 7.36. The minimum absolute atomic E-state index is 0.0142. The molecule has 0 radical (unpaired) electrons. The largest absolute Gasteiger partial charge is 0.380 e. The number of hydrogen-bond acceptors (Lipinski definition) is 5. The van der Waals surface area contributed by atoms with E-state index in [4.69, 9.17) is 4.52 Å². The molecule has 4 rings (SSSR count). The summed E-state index contributed by atoms with van der Waals surface area (Å²) in [6.07, 6.45) is 2.66. The molecule has 0 aliphatic heterocycles. The summed E-state index contributed by atoms with van der Waals surface area (Å²) < 4.78 is 4.75. The summed E-state index contributed by atoms with van der Waals surface area (Å²) in [5.41, 5.74) is 1.04. The zero-order valence-electron chi connectivity index (χ0n) is 17.5. The van der Waals surface area contributed by atoms with Crippen molar-refractivity contribution < 1.29 is 14.4 Å². The third-order valence-electron chi connectivity index (χ3n) is 6.02. The molecule has 156 valence electrons. The van der Waals surface area contributed by atoms with Crippen LogP contribution >= 0.6 is 0 Å². The van der Waals surface area contributed by atoms with Gasteiger partial charge in [0.25, 0.3) is 5.91 Å². The van der Waals surface area contributed by atoms with E-state index in [2.05, 4.69) is 17.4 Å². The molecule has 6 nitrogen and oxygen atoms in total. The molecular formula is C24H26N2O4. The molecule has 0 saturated heterocycles. The highest BCUT2D eigenvalue weighted by Gasteiger charge is 2.48. The molecule has 1 fully saturated rings. The summed E-state index contributed by atoms with van der Waals surface area (Å²) in [5.74, 6) is -0.441. The molecule has 0 bridgehead atoms. The SMILES string of the molecule is Cc1ccc(CC(O)(CC2(C)CC2)C(=O)Nc2ccc3c(=O)onc(C)c3c2)cc1. The number of hydrogen-bond donors (Lipinski definition) is 2. The van der Waals surface area contributed by atoms with Crippen LogP contribution in [0.3, 0.4) is 0 Å². The lowest BCUT2D eigenvalue weighted by molar-refractivity contribution is -0.136. The number of fused-ring (bicyclic) bond motifs is 1. The number of carbonyl (C=O) groups is 1. The second-order valence-electron chi connectivity index (χ2n) is 8.95. The summed E-state index contributed by atoms with van der Waals surface area (Å²) in [5, 5.41) is 19.1. The standard InChI is InChI=1S/C24H26N2O4/c1-15-4-6-17(7-5-15)13-24(29,14-23(3)10-11-23)22(28)25-18-8-9-19-20(12-18)16(2)26-30-21(19)27/h4-9,12,29H,10-11,13-14H2,1-3H3,(H,25,28). The Labute approximate surface area is 174 Å². The van der Waals surface area contributed by atoms with Crippen molar-refractivity contribution in [2.75, 3.05) is 5.32 Å². The minimum Gasteiger partial charge on any atom is -0.380 e. The normalized spacial score (nSPS) is 16.8. The van der Waals surface area contributed by atoms with E-state index < -0.39 is 17.1 Å². The Hall–Kier alpha value is -2.99. The average molecular weight is 406 g/mol. The molecular weight excluding hydrogens is 380 g/mol. The highest BCUT2D eigenvalue weighted by Crippen LogP contribution is 2.51. The zero-order valence-corrected chi connectivity index (χ0v) is 17.5. The Morgan fingerprint density at radius 2 is 1.87 bits per heavy atom. The van der Waals surface area contributed by atoms with Crippen LogP contribution in [-0.2, 0) is 11.2 Å². The summed E-state index contributed by atoms with van der Waals surface area (Å²) in [6, 6.07) is 12.8. The van der Waals surface area contributed by atoms with E-state index in [-0.39, 0.29) is 11.8 Å². The Morgan fingerprint density at radius 3 is 2.53 bits per heavy atom. The van der Waals surface area contributed by atoms with E-state index in [0.717, 1.165) is 24.0 Å². The topological polar surface area (TPSA) is 92.4 Å². The molecule has 1 saturated carbocycles. The number of benzene rings is 2. The maximum Gasteiger partial charge on any atom is 0.366 e. The zero-order chi connectivity index (χ0) is 21.5. The number of amides is 1. The molecule has 1 unspecified atom stereocenters. The Morgan fingerprint density at radius 1 is 1.17 bits per heavy atom. The van der Waals surface area contributed by atoms with Crippen LogP contribution in [0.4, 0.5) is 5.69 Å². The maximum atomic E-state index is 13.2. The van der Waals surface area contributed by atoms with E-state index in [1.54, 1.807) is 25.1 Å². The lowest BCUT2D eigenvalue weighted by atomic mass is 9.83. The third kappa shape index (κ3) is 4.14. The summed E-state index contributed by atoms with van der Waals surface area (Å²) in [7, 11) is 0. The van der Waals surface area contributed by atoms with Gasteiger partial charge in [0.15, 0.2) is 0 Å². The van der Waals surface area contributed by atoms with Crippen LogP contribution in [0.15, 0.2) is 51.8 Å². The van der Waals surface area contributed by atoms with Gasteiger partial charge in [-0.15, -0.1) is 0 Å². The number of carbonyl (C=O) groups excluding carboxylic acids is 1. The quantitative estimate of drug-likeness (QED) is 0.648. The first-order valence-corrected chi connectivity index (χ1v) is 10.2. The second-order valence-corrected chi connectivity index (χ2v) is 8.95. The van der Waals surface area contributed by atoms with Crippen molar-refractivity contribution in [3.05, 3.63) is 69.7 Å². The van der Waals surface area contributed by atoms with E-state index >= 15 is 0 Å². The van der Waals surface area contributed by atoms with Crippen molar-refractivity contribution in [2.24, 2.45) is 5.41 Å². The van der Waals surface area contributed by atoms with E-state index in [1.807, 2.05) is 31.2 Å². The van der Waals surface area contributed by atoms with Crippen LogP contribution in [0.25, 0.3) is 10.8 Å². The predicted octanol–water partition coefficient (Wildman–Crippen LogP) is 3.91. The summed E-state index contributed by atoms with van der Waals surface area (Å²) in [4.78, 5) is 25.1. The predicted molar refractivity (Wildman–Crippen MR) is 115 cm³/mol. The molecule has 1 atom stereocenters. The molecule has 1 aliphatic rings. The molecule has 1 aliphatic carbocycles. The first-order valence-electron chi connectivity index (χ1n) is 10.2. The Bertz CT molecular complexity index is 1160. The molecule has 6 heteroatoms. The molecule has 1 heterocycles. The minimum atomic E-state index is -1.53. The van der Waals surface area contributed by atoms with E-state index in [0.29, 0.717) is 28.6 Å². The highest BCUT2D eigenvalue weighted by molar-refractivity contribution is 5.99. The number of anilines is 1. The summed E-state index contributed by atoms with van der Waals surface area (Å²) in [6.45, 7) is 5.84. The Balaban J connectivity index is 1.63. The van der Waals surface area contributed by atoms with Crippen LogP contribution < -0.4 is 10.9 Å². The van der Waals surface area contributed by atoms with Crippen molar-refractivity contribution in [2.45, 2.75) is 52.1 Å². The van der Waals surface area contributed by atoms with Crippen molar-refractivity contribution in [3.63, 3.8) is 0 Å². The van der Waals surface area contributed by atoms with Crippen LogP contribution in [-0.4, -0.2) is 21.8 Å². The van der Waals surface area contributed by atoms with Crippen molar-refractivity contribution in [1.82, 2.24) is 5.16 Å². The smallest absolute Gasteiger partial charge is 0.366 e. The van der Waals surface area contributed by atoms with Gasteiger partial charge in [-0.3, -0.25) is 4.79 Å². The van der Waals surface area contributed by atoms with Crippen molar-refractivity contribution >= 4 is 22.4 Å². The molecule has 30 heavy (non-hydrogen) atoms. The van der Waals surface area contributed by atoms with Crippen molar-refractivity contribution in [1.29, 1.82) is 0 Å². The monoisotopic (exact) mass is 406 g/mol. The van der Waals surface area contributed by atoms with E-state index in [1.165, 1.54) is 0 Å². The molecule has 3 aromatic rings. The number of aliphatic hydroxyl groups is 1. The van der Waals surface area contributed by atoms with Crippen LogP contribution in [0.2, 0.25) is 0 Å². The molecule has 0 spiro atoms. The van der Waals surface area contributed by atoms with E-state index in [9.17, 15) is 14.7 Å². The molecule has 1 aromatic heterocycles. The lowest BCUT2D eigenvalue weighted by Crippen LogP contribution is -2.46. The van der Waals surface area contributed by atoms with Gasteiger partial charge in [-0.25, -0.2) is 4.79 Å². The van der Waals surface area contributed by atoms with Gasteiger partial charge in [0, 0.05) is 17.5 Å². The number of rotatable bonds is 6. The fourth-order valence-electron chi connectivity index (χ4n) is 3.92. The van der Waals surface area contributed by atoms with Gasteiger partial charge in [-0.2, -0.15) is 0 Å². The number of nitrogens with zero attached hydrogens (tertiary/aromatic N) is 1. The first kappa shape index (κ1) is 20.3. The number of aromatic nitrogens is 1. The van der Waals surface area contributed by atoms with Crippen LogP contribution in [0.5, 0.6) is 0 Å². The van der Waals surface area contributed by atoms with Crippen molar-refractivity contribution in [3.8, 4) is 0 Å². The fourth-order valence-corrected chi connectivity index (χ4v) is 3.92. The third-order valence-corrected chi connectivity index (χ3v) is 6.02. The Kier molecular flexibility index (Phi) is 4.98. The first-order chi connectivity index (χ1) is 14.2. The van der Waals surface area contributed by atoms with Crippen LogP contribution in [0, 0.1) is 19.3 Å². The molecule has 1 amide bonds. The van der Waals surface area contributed by atoms with Gasteiger partial charge in [0.2, 0.25) is 0 Å². The van der Waals surface area contributed by atoms with Gasteiger partial charge in [-0.05, 0) is 62.3 Å².